The summed E-state index contributed by atoms with van der Waals surface area (Å²) in [6.45, 7) is 16.7. The zero-order chi connectivity index (χ0) is 15.3. The number of fused-ring (bicyclic) bond motifs is 1. The summed E-state index contributed by atoms with van der Waals surface area (Å²) in [4.78, 5) is 12.4. The van der Waals surface area contributed by atoms with E-state index < -0.39 is 0 Å². The van der Waals surface area contributed by atoms with Crippen LogP contribution in [-0.4, -0.2) is 10.4 Å². The van der Waals surface area contributed by atoms with Gasteiger partial charge in [0.05, 0.1) is 0 Å². The SMILES string of the molecule is Cc1cc2c(n1CC(C)(C)C(C)C)CC(C)(C)CC2=O. The average molecular weight is 275 g/mol. The number of carbonyl (C=O) groups excluding carboxylic acids is 1. The molecule has 1 aromatic rings. The molecule has 2 rings (SSSR count). The summed E-state index contributed by atoms with van der Waals surface area (Å²) >= 11 is 0. The lowest BCUT2D eigenvalue weighted by molar-refractivity contribution is 0.0907. The molecule has 0 amide bonds. The van der Waals surface area contributed by atoms with Gasteiger partial charge in [-0.15, -0.1) is 0 Å². The van der Waals surface area contributed by atoms with Gasteiger partial charge in [-0.3, -0.25) is 4.79 Å². The van der Waals surface area contributed by atoms with Crippen LogP contribution in [0.5, 0.6) is 0 Å². The highest BCUT2D eigenvalue weighted by atomic mass is 16.1. The molecule has 1 aromatic heterocycles. The molecule has 1 aliphatic rings. The highest BCUT2D eigenvalue weighted by Crippen LogP contribution is 2.38. The lowest BCUT2D eigenvalue weighted by Gasteiger charge is -2.34. The van der Waals surface area contributed by atoms with E-state index in [-0.39, 0.29) is 10.8 Å². The fourth-order valence-electron chi connectivity index (χ4n) is 3.02. The number of hydrogen-bond acceptors (Lipinski definition) is 1. The Hall–Kier alpha value is -1.05. The van der Waals surface area contributed by atoms with Gasteiger partial charge in [0.15, 0.2) is 5.78 Å². The molecule has 112 valence electrons. The van der Waals surface area contributed by atoms with Gasteiger partial charge in [0.1, 0.15) is 0 Å². The van der Waals surface area contributed by atoms with Gasteiger partial charge in [-0.1, -0.05) is 41.5 Å². The van der Waals surface area contributed by atoms with Crippen molar-refractivity contribution in [1.82, 2.24) is 4.57 Å². The van der Waals surface area contributed by atoms with Crippen LogP contribution in [0.4, 0.5) is 0 Å². The Kier molecular flexibility index (Phi) is 3.64. The number of hydrogen-bond donors (Lipinski definition) is 0. The summed E-state index contributed by atoms with van der Waals surface area (Å²) in [7, 11) is 0. The molecule has 0 saturated carbocycles. The zero-order valence-corrected chi connectivity index (χ0v) is 14.1. The predicted octanol–water partition coefficient (Wildman–Crippen LogP) is 4.63. The molecule has 1 aliphatic carbocycles. The Labute approximate surface area is 123 Å². The number of rotatable bonds is 3. The molecule has 2 nitrogen and oxygen atoms in total. The van der Waals surface area contributed by atoms with E-state index in [4.69, 9.17) is 0 Å². The van der Waals surface area contributed by atoms with Gasteiger partial charge < -0.3 is 4.57 Å². The summed E-state index contributed by atoms with van der Waals surface area (Å²) in [5.41, 5.74) is 3.80. The smallest absolute Gasteiger partial charge is 0.165 e. The monoisotopic (exact) mass is 275 g/mol. The minimum Gasteiger partial charge on any atom is -0.348 e. The van der Waals surface area contributed by atoms with Crippen LogP contribution in [0, 0.1) is 23.7 Å². The quantitative estimate of drug-likeness (QED) is 0.788. The number of Topliss-reactive ketones (excluding diaryl/α,β-unsaturated/α-hetero) is 1. The molecule has 0 N–H and O–H groups in total. The Balaban J connectivity index is 2.44. The third-order valence-electron chi connectivity index (χ3n) is 5.13. The van der Waals surface area contributed by atoms with E-state index in [1.807, 2.05) is 0 Å². The number of aromatic nitrogens is 1. The Morgan fingerprint density at radius 1 is 1.30 bits per heavy atom. The van der Waals surface area contributed by atoms with Gasteiger partial charge >= 0.3 is 0 Å². The third kappa shape index (κ3) is 2.70. The van der Waals surface area contributed by atoms with Crippen molar-refractivity contribution in [2.75, 3.05) is 0 Å². The van der Waals surface area contributed by atoms with Crippen LogP contribution in [0.2, 0.25) is 0 Å². The van der Waals surface area contributed by atoms with Gasteiger partial charge in [0.2, 0.25) is 0 Å². The first-order valence-electron chi connectivity index (χ1n) is 7.76. The fraction of sp³-hybridized carbons (Fsp3) is 0.722. The van der Waals surface area contributed by atoms with E-state index in [0.29, 0.717) is 18.1 Å². The van der Waals surface area contributed by atoms with Crippen molar-refractivity contribution < 1.29 is 4.79 Å². The second-order valence-corrected chi connectivity index (χ2v) is 8.32. The van der Waals surface area contributed by atoms with Crippen molar-refractivity contribution in [1.29, 1.82) is 0 Å². The van der Waals surface area contributed by atoms with Crippen molar-refractivity contribution in [3.05, 3.63) is 23.0 Å². The van der Waals surface area contributed by atoms with Crippen LogP contribution >= 0.6 is 0 Å². The topological polar surface area (TPSA) is 22.0 Å². The normalized spacial score (nSPS) is 18.5. The fourth-order valence-corrected chi connectivity index (χ4v) is 3.02. The van der Waals surface area contributed by atoms with Gasteiger partial charge in [-0.05, 0) is 36.2 Å². The third-order valence-corrected chi connectivity index (χ3v) is 5.13. The first kappa shape index (κ1) is 15.3. The summed E-state index contributed by atoms with van der Waals surface area (Å²) in [6.07, 6.45) is 1.69. The lowest BCUT2D eigenvalue weighted by atomic mass is 9.76. The van der Waals surface area contributed by atoms with Crippen LogP contribution in [0.15, 0.2) is 6.07 Å². The van der Waals surface area contributed by atoms with Crippen LogP contribution in [-0.2, 0) is 13.0 Å². The van der Waals surface area contributed by atoms with E-state index in [1.54, 1.807) is 0 Å². The van der Waals surface area contributed by atoms with Crippen molar-refractivity contribution in [3.8, 4) is 0 Å². The molecule has 0 unspecified atom stereocenters. The van der Waals surface area contributed by atoms with Gasteiger partial charge in [0.25, 0.3) is 0 Å². The Morgan fingerprint density at radius 3 is 2.45 bits per heavy atom. The Bertz CT molecular complexity index is 532. The summed E-state index contributed by atoms with van der Waals surface area (Å²) in [5, 5.41) is 0. The standard InChI is InChI=1S/C18H29NO/c1-12(2)18(6,7)11-19-13(3)8-14-15(19)9-17(4,5)10-16(14)20/h8,12H,9-11H2,1-7H3. The van der Waals surface area contributed by atoms with Gasteiger partial charge in [0, 0.05) is 29.9 Å². The van der Waals surface area contributed by atoms with Crippen molar-refractivity contribution in [2.24, 2.45) is 16.7 Å². The lowest BCUT2D eigenvalue weighted by Crippen LogP contribution is -2.31. The van der Waals surface area contributed by atoms with Gasteiger partial charge in [-0.25, -0.2) is 0 Å². The first-order chi connectivity index (χ1) is 9.03. The summed E-state index contributed by atoms with van der Waals surface area (Å²) in [5.74, 6) is 0.938. The van der Waals surface area contributed by atoms with E-state index >= 15 is 0 Å². The zero-order valence-electron chi connectivity index (χ0n) is 14.1. The van der Waals surface area contributed by atoms with Crippen molar-refractivity contribution >= 4 is 5.78 Å². The molecule has 2 heteroatoms. The van der Waals surface area contributed by atoms with E-state index in [2.05, 4.69) is 59.1 Å². The molecule has 0 atom stereocenters. The second-order valence-electron chi connectivity index (χ2n) is 8.32. The van der Waals surface area contributed by atoms with E-state index in [0.717, 1.165) is 18.5 Å². The Morgan fingerprint density at radius 2 is 1.90 bits per heavy atom. The van der Waals surface area contributed by atoms with Crippen molar-refractivity contribution in [2.45, 2.75) is 67.9 Å². The minimum absolute atomic E-state index is 0.0919. The molecule has 20 heavy (non-hydrogen) atoms. The number of carbonyl (C=O) groups is 1. The number of nitrogens with zero attached hydrogens (tertiary/aromatic N) is 1. The molecule has 0 fully saturated rings. The molecule has 1 heterocycles. The largest absolute Gasteiger partial charge is 0.348 e. The molecule has 0 saturated heterocycles. The number of aryl methyl sites for hydroxylation is 1. The molecule has 0 spiro atoms. The van der Waals surface area contributed by atoms with Crippen LogP contribution < -0.4 is 0 Å². The van der Waals surface area contributed by atoms with Crippen LogP contribution in [0.25, 0.3) is 0 Å². The minimum atomic E-state index is 0.0919. The highest BCUT2D eigenvalue weighted by Gasteiger charge is 2.35. The molecule has 0 aliphatic heterocycles. The summed E-state index contributed by atoms with van der Waals surface area (Å²) in [6, 6.07) is 2.10. The number of ketones is 1. The highest BCUT2D eigenvalue weighted by molar-refractivity contribution is 5.99. The van der Waals surface area contributed by atoms with Crippen LogP contribution in [0.1, 0.15) is 69.7 Å². The first-order valence-corrected chi connectivity index (χ1v) is 7.76. The average Bonchev–Trinajstić information content (AvgIpc) is 2.55. The summed E-state index contributed by atoms with van der Waals surface area (Å²) < 4.78 is 2.40. The van der Waals surface area contributed by atoms with E-state index in [1.165, 1.54) is 11.4 Å². The maximum absolute atomic E-state index is 12.4. The van der Waals surface area contributed by atoms with Gasteiger partial charge in [-0.2, -0.15) is 0 Å². The molecule has 0 bridgehead atoms. The molecular formula is C18H29NO. The molecular weight excluding hydrogens is 246 g/mol. The maximum Gasteiger partial charge on any atom is 0.165 e. The second kappa shape index (κ2) is 4.75. The van der Waals surface area contributed by atoms with E-state index in [9.17, 15) is 4.79 Å². The molecule has 0 aromatic carbocycles. The predicted molar refractivity (Wildman–Crippen MR) is 84.2 cm³/mol. The van der Waals surface area contributed by atoms with Crippen molar-refractivity contribution in [3.63, 3.8) is 0 Å². The maximum atomic E-state index is 12.4. The molecule has 0 radical (unpaired) electrons. The van der Waals surface area contributed by atoms with Crippen LogP contribution in [0.3, 0.4) is 0 Å².